The van der Waals surface area contributed by atoms with E-state index < -0.39 is 18.3 Å². The van der Waals surface area contributed by atoms with Crippen molar-refractivity contribution in [1.29, 1.82) is 0 Å². The Balaban J connectivity index is 2.27. The molecule has 2 rings (SSSR count). The predicted octanol–water partition coefficient (Wildman–Crippen LogP) is 3.53. The van der Waals surface area contributed by atoms with Gasteiger partial charge in [0.15, 0.2) is 0 Å². The number of hydrogen-bond donors (Lipinski definition) is 0. The van der Waals surface area contributed by atoms with Crippen LogP contribution in [0.5, 0.6) is 0 Å². The van der Waals surface area contributed by atoms with Gasteiger partial charge in [-0.15, -0.1) is 0 Å². The maximum atomic E-state index is 11.1. The van der Waals surface area contributed by atoms with Crippen LogP contribution in [-0.2, 0) is 15.6 Å². The van der Waals surface area contributed by atoms with E-state index in [4.69, 9.17) is 9.31 Å². The normalized spacial score (nSPS) is 20.1. The highest BCUT2D eigenvalue weighted by Crippen LogP contribution is 2.39. The lowest BCUT2D eigenvalue weighted by atomic mass is 9.80. The topological polar surface area (TPSA) is 61.6 Å². The van der Waals surface area contributed by atoms with Gasteiger partial charge in [0.05, 0.1) is 16.1 Å². The van der Waals surface area contributed by atoms with Gasteiger partial charge < -0.3 is 9.31 Å². The van der Waals surface area contributed by atoms with Gasteiger partial charge in [0.2, 0.25) is 0 Å². The minimum absolute atomic E-state index is 0.0779. The van der Waals surface area contributed by atoms with Crippen molar-refractivity contribution < 1.29 is 14.2 Å². The van der Waals surface area contributed by atoms with Gasteiger partial charge in [0, 0.05) is 22.4 Å². The summed E-state index contributed by atoms with van der Waals surface area (Å²) in [6.45, 7) is 7.84. The Morgan fingerprint density at radius 3 is 2.30 bits per heavy atom. The van der Waals surface area contributed by atoms with Crippen LogP contribution in [0.3, 0.4) is 0 Å². The molecule has 0 atom stereocenters. The fourth-order valence-corrected chi connectivity index (χ4v) is 2.65. The average Bonchev–Trinajstić information content (AvgIpc) is 2.49. The number of rotatable bonds is 3. The lowest BCUT2D eigenvalue weighted by Gasteiger charge is -2.32. The second kappa shape index (κ2) is 5.13. The molecule has 1 aliphatic heterocycles. The molecule has 0 N–H and O–H groups in total. The zero-order chi connectivity index (χ0) is 15.1. The second-order valence-electron chi connectivity index (χ2n) is 5.88. The standard InChI is InChI=1S/C13H17BBrNO4/c1-12(2)13(3,4)20-14(19-12)8-9-10(15)6-5-7-11(9)16(17)18/h5-7H,8H2,1-4H3. The van der Waals surface area contributed by atoms with Crippen molar-refractivity contribution in [2.45, 2.75) is 45.2 Å². The summed E-state index contributed by atoms with van der Waals surface area (Å²) >= 11 is 3.36. The van der Waals surface area contributed by atoms with Crippen molar-refractivity contribution in [2.75, 3.05) is 0 Å². The molecule has 7 heteroatoms. The Morgan fingerprint density at radius 2 is 1.80 bits per heavy atom. The highest BCUT2D eigenvalue weighted by atomic mass is 79.9. The van der Waals surface area contributed by atoms with Crippen LogP contribution in [0.4, 0.5) is 5.69 Å². The van der Waals surface area contributed by atoms with Crippen LogP contribution < -0.4 is 0 Å². The molecule has 0 unspecified atom stereocenters. The van der Waals surface area contributed by atoms with Crippen molar-refractivity contribution in [1.82, 2.24) is 0 Å². The number of nitro groups is 1. The molecule has 1 aromatic rings. The Kier molecular flexibility index (Phi) is 3.97. The van der Waals surface area contributed by atoms with Gasteiger partial charge in [-0.05, 0) is 33.8 Å². The third kappa shape index (κ3) is 2.75. The molecule has 0 spiro atoms. The molecule has 108 valence electrons. The number of benzene rings is 1. The van der Waals surface area contributed by atoms with E-state index in [2.05, 4.69) is 15.9 Å². The molecule has 0 amide bonds. The monoisotopic (exact) mass is 341 g/mol. The van der Waals surface area contributed by atoms with Crippen molar-refractivity contribution in [3.05, 3.63) is 38.3 Å². The lowest BCUT2D eigenvalue weighted by molar-refractivity contribution is -0.385. The van der Waals surface area contributed by atoms with Gasteiger partial charge in [-0.3, -0.25) is 10.1 Å². The molecule has 1 heterocycles. The summed E-state index contributed by atoms with van der Waals surface area (Å²) in [4.78, 5) is 10.7. The molecule has 1 aliphatic rings. The van der Waals surface area contributed by atoms with Gasteiger partial charge >= 0.3 is 7.12 Å². The second-order valence-corrected chi connectivity index (χ2v) is 6.74. The number of hydrogen-bond acceptors (Lipinski definition) is 4. The van der Waals surface area contributed by atoms with Crippen LogP contribution in [0.2, 0.25) is 0 Å². The first-order valence-electron chi connectivity index (χ1n) is 6.41. The van der Waals surface area contributed by atoms with E-state index >= 15 is 0 Å². The third-order valence-corrected chi connectivity index (χ3v) is 4.71. The van der Waals surface area contributed by atoms with E-state index in [1.54, 1.807) is 12.1 Å². The smallest absolute Gasteiger partial charge is 0.403 e. The first-order valence-corrected chi connectivity index (χ1v) is 7.21. The molecule has 0 aromatic heterocycles. The first kappa shape index (κ1) is 15.5. The Bertz CT molecular complexity index is 531. The molecule has 0 radical (unpaired) electrons. The van der Waals surface area contributed by atoms with E-state index in [9.17, 15) is 10.1 Å². The fraction of sp³-hybridized carbons (Fsp3) is 0.538. The van der Waals surface area contributed by atoms with Crippen LogP contribution in [0.1, 0.15) is 33.3 Å². The average molecular weight is 342 g/mol. The highest BCUT2D eigenvalue weighted by molar-refractivity contribution is 9.10. The molecule has 0 saturated carbocycles. The quantitative estimate of drug-likeness (QED) is 0.479. The van der Waals surface area contributed by atoms with Crippen LogP contribution >= 0.6 is 15.9 Å². The van der Waals surface area contributed by atoms with Crippen molar-refractivity contribution in [2.24, 2.45) is 0 Å². The predicted molar refractivity (Wildman–Crippen MR) is 80.6 cm³/mol. The molecule has 1 aromatic carbocycles. The molecule has 1 saturated heterocycles. The molecule has 0 aliphatic carbocycles. The summed E-state index contributed by atoms with van der Waals surface area (Å²) in [7, 11) is -0.489. The van der Waals surface area contributed by atoms with Crippen LogP contribution in [0, 0.1) is 10.1 Å². The number of nitro benzene ring substituents is 1. The largest absolute Gasteiger partial charge is 0.462 e. The van der Waals surface area contributed by atoms with E-state index in [0.717, 1.165) is 0 Å². The summed E-state index contributed by atoms with van der Waals surface area (Å²) in [5.74, 6) is 0. The van der Waals surface area contributed by atoms with Gasteiger partial charge in [-0.25, -0.2) is 0 Å². The summed E-state index contributed by atoms with van der Waals surface area (Å²) in [5, 5.41) is 11.1. The number of halogens is 1. The van der Waals surface area contributed by atoms with E-state index in [-0.39, 0.29) is 10.6 Å². The Morgan fingerprint density at radius 1 is 1.25 bits per heavy atom. The Hall–Kier alpha value is -0.915. The molecule has 5 nitrogen and oxygen atoms in total. The van der Waals surface area contributed by atoms with Gasteiger partial charge in [-0.2, -0.15) is 0 Å². The summed E-state index contributed by atoms with van der Waals surface area (Å²) in [6.07, 6.45) is 0.338. The molecular weight excluding hydrogens is 325 g/mol. The molecule has 1 fully saturated rings. The first-order chi connectivity index (χ1) is 9.14. The number of nitrogens with zero attached hydrogens (tertiary/aromatic N) is 1. The third-order valence-electron chi connectivity index (χ3n) is 3.96. The summed E-state index contributed by atoms with van der Waals surface area (Å²) in [6, 6.07) is 4.93. The van der Waals surface area contributed by atoms with Crippen LogP contribution in [-0.4, -0.2) is 23.2 Å². The van der Waals surface area contributed by atoms with E-state index in [1.807, 2.05) is 27.7 Å². The molecule has 0 bridgehead atoms. The SMILES string of the molecule is CC1(C)OB(Cc2c(Br)cccc2[N+](=O)[O-])OC1(C)C. The molecule has 20 heavy (non-hydrogen) atoms. The van der Waals surface area contributed by atoms with Gasteiger partial charge in [-0.1, -0.05) is 22.0 Å². The molecular formula is C13H17BBrNO4. The van der Waals surface area contributed by atoms with Gasteiger partial charge in [0.1, 0.15) is 0 Å². The lowest BCUT2D eigenvalue weighted by Crippen LogP contribution is -2.41. The zero-order valence-corrected chi connectivity index (χ0v) is 13.6. The van der Waals surface area contributed by atoms with Crippen molar-refractivity contribution >= 4 is 28.7 Å². The summed E-state index contributed by atoms with van der Waals surface area (Å²) in [5.41, 5.74) is -0.202. The van der Waals surface area contributed by atoms with E-state index in [0.29, 0.717) is 16.4 Å². The maximum absolute atomic E-state index is 11.1. The van der Waals surface area contributed by atoms with Crippen LogP contribution in [0.25, 0.3) is 0 Å². The van der Waals surface area contributed by atoms with Crippen molar-refractivity contribution in [3.63, 3.8) is 0 Å². The minimum atomic E-state index is -0.489. The summed E-state index contributed by atoms with van der Waals surface area (Å²) < 4.78 is 12.5. The van der Waals surface area contributed by atoms with E-state index in [1.165, 1.54) is 6.07 Å². The zero-order valence-electron chi connectivity index (χ0n) is 12.0. The fourth-order valence-electron chi connectivity index (χ4n) is 2.14. The van der Waals surface area contributed by atoms with Crippen molar-refractivity contribution in [3.8, 4) is 0 Å². The maximum Gasteiger partial charge on any atom is 0.462 e. The Labute approximate surface area is 127 Å². The van der Waals surface area contributed by atoms with Gasteiger partial charge in [0.25, 0.3) is 5.69 Å². The highest BCUT2D eigenvalue weighted by Gasteiger charge is 2.51. The minimum Gasteiger partial charge on any atom is -0.403 e. The van der Waals surface area contributed by atoms with Crippen LogP contribution in [0.15, 0.2) is 22.7 Å².